The van der Waals surface area contributed by atoms with E-state index in [-0.39, 0.29) is 11.9 Å². The minimum atomic E-state index is -0.387. The lowest BCUT2D eigenvalue weighted by molar-refractivity contribution is 0.0526. The number of carbonyl (C=O) groups is 2. The number of hydrogen-bond acceptors (Lipinski definition) is 5. The number of ether oxygens (including phenoxy) is 1. The molecule has 0 bridgehead atoms. The predicted molar refractivity (Wildman–Crippen MR) is 113 cm³/mol. The fourth-order valence-corrected chi connectivity index (χ4v) is 2.73. The highest BCUT2D eigenvalue weighted by molar-refractivity contribution is 6.03. The zero-order chi connectivity index (χ0) is 20.5. The number of amides is 1. The van der Waals surface area contributed by atoms with Crippen LogP contribution in [0.25, 0.3) is 0 Å². The van der Waals surface area contributed by atoms with Crippen molar-refractivity contribution in [2.24, 2.45) is 0 Å². The lowest BCUT2D eigenvalue weighted by Gasteiger charge is -2.08. The Morgan fingerprint density at radius 2 is 1.66 bits per heavy atom. The Balaban J connectivity index is 1.51. The Bertz CT molecular complexity index is 939. The second-order valence-electron chi connectivity index (χ2n) is 6.35. The van der Waals surface area contributed by atoms with Gasteiger partial charge in [0, 0.05) is 12.2 Å². The Labute approximate surface area is 169 Å². The quantitative estimate of drug-likeness (QED) is 0.565. The second-order valence-corrected chi connectivity index (χ2v) is 6.35. The fourth-order valence-electron chi connectivity index (χ4n) is 2.73. The van der Waals surface area contributed by atoms with Crippen LogP contribution in [-0.2, 0) is 11.2 Å². The van der Waals surface area contributed by atoms with E-state index in [2.05, 4.69) is 27.8 Å². The van der Waals surface area contributed by atoms with Gasteiger partial charge in [-0.05, 0) is 55.3 Å². The maximum atomic E-state index is 12.4. The highest BCUT2D eigenvalue weighted by Gasteiger charge is 2.10. The first-order valence-electron chi connectivity index (χ1n) is 9.48. The molecule has 0 aliphatic heterocycles. The van der Waals surface area contributed by atoms with Crippen molar-refractivity contribution in [3.63, 3.8) is 0 Å². The number of pyridine rings is 1. The molecule has 1 amide bonds. The average molecular weight is 389 g/mol. The first kappa shape index (κ1) is 20.1. The summed E-state index contributed by atoms with van der Waals surface area (Å²) in [5.41, 5.74) is 3.45. The van der Waals surface area contributed by atoms with Gasteiger partial charge >= 0.3 is 5.97 Å². The van der Waals surface area contributed by atoms with Gasteiger partial charge < -0.3 is 15.4 Å². The van der Waals surface area contributed by atoms with Gasteiger partial charge in [0.15, 0.2) is 0 Å². The number of carbonyl (C=O) groups excluding carboxylic acids is 2. The maximum absolute atomic E-state index is 12.4. The molecule has 0 radical (unpaired) electrons. The third kappa shape index (κ3) is 5.90. The minimum absolute atomic E-state index is 0.313. The van der Waals surface area contributed by atoms with Crippen LogP contribution < -0.4 is 10.6 Å². The van der Waals surface area contributed by atoms with Crippen LogP contribution in [0.2, 0.25) is 0 Å². The molecule has 0 saturated carbocycles. The van der Waals surface area contributed by atoms with Crippen LogP contribution in [0.5, 0.6) is 0 Å². The fraction of sp³-hybridized carbons (Fsp3) is 0.174. The van der Waals surface area contributed by atoms with Crippen LogP contribution in [0.3, 0.4) is 0 Å². The lowest BCUT2D eigenvalue weighted by atomic mass is 10.1. The Morgan fingerprint density at radius 3 is 2.31 bits per heavy atom. The van der Waals surface area contributed by atoms with Gasteiger partial charge in [-0.3, -0.25) is 4.79 Å². The van der Waals surface area contributed by atoms with E-state index in [0.29, 0.717) is 23.6 Å². The summed E-state index contributed by atoms with van der Waals surface area (Å²) in [5.74, 6) is -0.702. The molecule has 0 aliphatic carbocycles. The Hall–Kier alpha value is -3.67. The first-order chi connectivity index (χ1) is 14.2. The van der Waals surface area contributed by atoms with Gasteiger partial charge in [0.1, 0.15) is 5.69 Å². The number of anilines is 2. The van der Waals surface area contributed by atoms with Gasteiger partial charge in [-0.1, -0.05) is 30.3 Å². The van der Waals surface area contributed by atoms with E-state index in [1.165, 1.54) is 5.56 Å². The molecule has 2 N–H and O–H groups in total. The van der Waals surface area contributed by atoms with Crippen molar-refractivity contribution in [3.8, 4) is 0 Å². The molecule has 1 aromatic heterocycles. The van der Waals surface area contributed by atoms with Crippen molar-refractivity contribution in [2.75, 3.05) is 23.8 Å². The number of nitrogens with zero attached hydrogens (tertiary/aromatic N) is 1. The van der Waals surface area contributed by atoms with Crippen molar-refractivity contribution in [1.82, 2.24) is 4.98 Å². The largest absolute Gasteiger partial charge is 0.462 e. The maximum Gasteiger partial charge on any atom is 0.338 e. The zero-order valence-corrected chi connectivity index (χ0v) is 16.2. The summed E-state index contributed by atoms with van der Waals surface area (Å²) >= 11 is 0. The van der Waals surface area contributed by atoms with Gasteiger partial charge in [-0.2, -0.15) is 0 Å². The summed E-state index contributed by atoms with van der Waals surface area (Å²) in [4.78, 5) is 28.2. The summed E-state index contributed by atoms with van der Waals surface area (Å²) in [6, 6.07) is 20.3. The van der Waals surface area contributed by atoms with E-state index in [4.69, 9.17) is 4.74 Å². The molecule has 3 rings (SSSR count). The molecule has 0 saturated heterocycles. The smallest absolute Gasteiger partial charge is 0.338 e. The summed E-state index contributed by atoms with van der Waals surface area (Å²) in [5, 5.41) is 6.06. The van der Waals surface area contributed by atoms with Crippen molar-refractivity contribution >= 4 is 23.3 Å². The van der Waals surface area contributed by atoms with Crippen molar-refractivity contribution < 1.29 is 14.3 Å². The summed E-state index contributed by atoms with van der Waals surface area (Å²) in [7, 11) is 0. The van der Waals surface area contributed by atoms with Crippen LogP contribution in [0.1, 0.15) is 33.3 Å². The average Bonchev–Trinajstić information content (AvgIpc) is 2.75. The van der Waals surface area contributed by atoms with Crippen LogP contribution in [0.4, 0.5) is 11.4 Å². The number of benzene rings is 2. The molecule has 0 fully saturated rings. The highest BCUT2D eigenvalue weighted by atomic mass is 16.5. The van der Waals surface area contributed by atoms with E-state index in [1.807, 2.05) is 24.3 Å². The highest BCUT2D eigenvalue weighted by Crippen LogP contribution is 2.13. The molecule has 1 heterocycles. The summed E-state index contributed by atoms with van der Waals surface area (Å²) in [6.45, 7) is 2.85. The molecule has 6 heteroatoms. The molecular formula is C23H23N3O3. The van der Waals surface area contributed by atoms with Crippen LogP contribution in [0.15, 0.2) is 72.9 Å². The molecular weight excluding hydrogens is 366 g/mol. The summed E-state index contributed by atoms with van der Waals surface area (Å²) in [6.07, 6.45) is 2.55. The van der Waals surface area contributed by atoms with Gasteiger partial charge in [0.2, 0.25) is 0 Å². The number of rotatable bonds is 8. The SMILES string of the molecule is CCOC(=O)c1ccc(NC(=O)c2ccc(NCCc3ccccc3)cn2)cc1. The monoisotopic (exact) mass is 389 g/mol. The Morgan fingerprint density at radius 1 is 0.931 bits per heavy atom. The number of aromatic nitrogens is 1. The molecule has 6 nitrogen and oxygen atoms in total. The molecule has 3 aromatic rings. The zero-order valence-electron chi connectivity index (χ0n) is 16.2. The third-order valence-corrected chi connectivity index (χ3v) is 4.24. The predicted octanol–water partition coefficient (Wildman–Crippen LogP) is 4.17. The first-order valence-corrected chi connectivity index (χ1v) is 9.48. The van der Waals surface area contributed by atoms with Crippen molar-refractivity contribution in [2.45, 2.75) is 13.3 Å². The summed E-state index contributed by atoms with van der Waals surface area (Å²) < 4.78 is 4.94. The molecule has 148 valence electrons. The van der Waals surface area contributed by atoms with Crippen LogP contribution in [-0.4, -0.2) is 30.0 Å². The van der Waals surface area contributed by atoms with Gasteiger partial charge in [0.05, 0.1) is 24.1 Å². The third-order valence-electron chi connectivity index (χ3n) is 4.24. The number of hydrogen-bond donors (Lipinski definition) is 2. The lowest BCUT2D eigenvalue weighted by Crippen LogP contribution is -2.14. The van der Waals surface area contributed by atoms with Crippen molar-refractivity contribution in [1.29, 1.82) is 0 Å². The van der Waals surface area contributed by atoms with E-state index in [9.17, 15) is 9.59 Å². The molecule has 0 aliphatic rings. The van der Waals surface area contributed by atoms with Crippen LogP contribution >= 0.6 is 0 Å². The topological polar surface area (TPSA) is 80.3 Å². The number of esters is 1. The van der Waals surface area contributed by atoms with E-state index in [1.54, 1.807) is 43.5 Å². The molecule has 29 heavy (non-hydrogen) atoms. The number of nitrogens with one attached hydrogen (secondary N) is 2. The molecule has 0 unspecified atom stereocenters. The molecule has 0 spiro atoms. The molecule has 0 atom stereocenters. The van der Waals surface area contributed by atoms with Gasteiger partial charge in [-0.15, -0.1) is 0 Å². The van der Waals surface area contributed by atoms with Gasteiger partial charge in [-0.25, -0.2) is 9.78 Å². The van der Waals surface area contributed by atoms with E-state index in [0.717, 1.165) is 18.7 Å². The Kier molecular flexibility index (Phi) is 6.95. The van der Waals surface area contributed by atoms with E-state index < -0.39 is 0 Å². The van der Waals surface area contributed by atoms with Crippen molar-refractivity contribution in [3.05, 3.63) is 89.7 Å². The van der Waals surface area contributed by atoms with Gasteiger partial charge in [0.25, 0.3) is 5.91 Å². The normalized spacial score (nSPS) is 10.2. The standard InChI is InChI=1S/C23H23N3O3/c1-2-29-23(28)18-8-10-19(11-9-18)26-22(27)21-13-12-20(16-25-21)24-15-14-17-6-4-3-5-7-17/h3-13,16,24H,2,14-15H2,1H3,(H,26,27). The van der Waals surface area contributed by atoms with E-state index >= 15 is 0 Å². The van der Waals surface area contributed by atoms with Crippen LogP contribution in [0, 0.1) is 0 Å². The minimum Gasteiger partial charge on any atom is -0.462 e. The molecule has 2 aromatic carbocycles. The second kappa shape index (κ2) is 10.0.